The standard InChI is InChI=1S/C13H16N2O2/c1-14-8-9-15(10-14)12(13(16)17-2)11-6-4-3-5-7-11/h3-9,12H,10H2,1-2H3. The predicted molar refractivity (Wildman–Crippen MR) is 64.8 cm³/mol. The van der Waals surface area contributed by atoms with Crippen molar-refractivity contribution in [3.8, 4) is 0 Å². The molecule has 1 unspecified atom stereocenters. The first-order valence-electron chi connectivity index (χ1n) is 5.49. The number of esters is 1. The summed E-state index contributed by atoms with van der Waals surface area (Å²) >= 11 is 0. The molecule has 0 N–H and O–H groups in total. The minimum absolute atomic E-state index is 0.240. The van der Waals surface area contributed by atoms with Crippen LogP contribution in [0.3, 0.4) is 0 Å². The van der Waals surface area contributed by atoms with Gasteiger partial charge >= 0.3 is 5.97 Å². The van der Waals surface area contributed by atoms with Crippen LogP contribution in [0.1, 0.15) is 11.6 Å². The van der Waals surface area contributed by atoms with Crippen LogP contribution in [-0.2, 0) is 9.53 Å². The minimum Gasteiger partial charge on any atom is -0.467 e. The molecule has 0 aromatic heterocycles. The maximum Gasteiger partial charge on any atom is 0.333 e. The van der Waals surface area contributed by atoms with Gasteiger partial charge in [0.05, 0.1) is 13.8 Å². The van der Waals surface area contributed by atoms with Gasteiger partial charge in [-0.2, -0.15) is 0 Å². The fourth-order valence-electron chi connectivity index (χ4n) is 1.93. The molecule has 0 aliphatic carbocycles. The molecule has 1 aromatic carbocycles. The first-order chi connectivity index (χ1) is 8.22. The van der Waals surface area contributed by atoms with Crippen LogP contribution in [0, 0.1) is 0 Å². The van der Waals surface area contributed by atoms with E-state index in [1.165, 1.54) is 7.11 Å². The summed E-state index contributed by atoms with van der Waals surface area (Å²) in [4.78, 5) is 15.9. The van der Waals surface area contributed by atoms with Crippen LogP contribution in [0.5, 0.6) is 0 Å². The van der Waals surface area contributed by atoms with E-state index in [1.54, 1.807) is 0 Å². The number of nitrogens with zero attached hydrogens (tertiary/aromatic N) is 2. The predicted octanol–water partition coefficient (Wildman–Crippen LogP) is 1.58. The average Bonchev–Trinajstić information content (AvgIpc) is 2.77. The zero-order chi connectivity index (χ0) is 12.3. The van der Waals surface area contributed by atoms with Gasteiger partial charge in [-0.1, -0.05) is 30.3 Å². The van der Waals surface area contributed by atoms with E-state index in [9.17, 15) is 4.79 Å². The summed E-state index contributed by atoms with van der Waals surface area (Å²) in [5, 5.41) is 0. The summed E-state index contributed by atoms with van der Waals surface area (Å²) in [5.41, 5.74) is 0.944. The van der Waals surface area contributed by atoms with E-state index in [4.69, 9.17) is 4.74 Å². The molecule has 4 nitrogen and oxygen atoms in total. The Labute approximate surface area is 101 Å². The second-order valence-corrected chi connectivity index (χ2v) is 4.05. The Bertz CT molecular complexity index is 417. The zero-order valence-corrected chi connectivity index (χ0v) is 10.0. The van der Waals surface area contributed by atoms with Crippen LogP contribution in [-0.4, -0.2) is 36.6 Å². The van der Waals surface area contributed by atoms with E-state index >= 15 is 0 Å². The van der Waals surface area contributed by atoms with Gasteiger partial charge in [0.15, 0.2) is 6.04 Å². The third-order valence-corrected chi connectivity index (χ3v) is 2.77. The number of benzene rings is 1. The SMILES string of the molecule is COC(=O)C(c1ccccc1)N1C=CN(C)C1. The maximum atomic E-state index is 11.9. The average molecular weight is 232 g/mol. The zero-order valence-electron chi connectivity index (χ0n) is 10.0. The fourth-order valence-corrected chi connectivity index (χ4v) is 1.93. The van der Waals surface area contributed by atoms with Crippen LogP contribution in [0.4, 0.5) is 0 Å². The lowest BCUT2D eigenvalue weighted by Gasteiger charge is -2.26. The molecule has 1 aliphatic heterocycles. The first kappa shape index (κ1) is 11.5. The van der Waals surface area contributed by atoms with Crippen LogP contribution >= 0.6 is 0 Å². The molecule has 0 fully saturated rings. The van der Waals surface area contributed by atoms with Gasteiger partial charge in [-0.15, -0.1) is 0 Å². The molecule has 1 heterocycles. The molecule has 1 aliphatic rings. The number of hydrogen-bond donors (Lipinski definition) is 0. The topological polar surface area (TPSA) is 32.8 Å². The monoisotopic (exact) mass is 232 g/mol. The highest BCUT2D eigenvalue weighted by Gasteiger charge is 2.28. The molecule has 0 saturated carbocycles. The second-order valence-electron chi connectivity index (χ2n) is 4.05. The number of rotatable bonds is 3. The van der Waals surface area contributed by atoms with Gasteiger partial charge in [0, 0.05) is 19.4 Å². The van der Waals surface area contributed by atoms with Gasteiger partial charge in [0.2, 0.25) is 0 Å². The lowest BCUT2D eigenvalue weighted by atomic mass is 10.1. The number of methoxy groups -OCH3 is 1. The Balaban J connectivity index is 2.26. The number of ether oxygens (including phenoxy) is 1. The van der Waals surface area contributed by atoms with Crippen molar-refractivity contribution in [1.82, 2.24) is 9.80 Å². The quantitative estimate of drug-likeness (QED) is 0.741. The highest BCUT2D eigenvalue weighted by atomic mass is 16.5. The van der Waals surface area contributed by atoms with Gasteiger partial charge in [-0.05, 0) is 5.56 Å². The number of carbonyl (C=O) groups is 1. The molecule has 0 bridgehead atoms. The molecule has 0 spiro atoms. The van der Waals surface area contributed by atoms with Crippen molar-refractivity contribution < 1.29 is 9.53 Å². The molecule has 2 rings (SSSR count). The van der Waals surface area contributed by atoms with Crippen molar-refractivity contribution >= 4 is 5.97 Å². The van der Waals surface area contributed by atoms with Crippen molar-refractivity contribution in [2.45, 2.75) is 6.04 Å². The number of carbonyl (C=O) groups excluding carboxylic acids is 1. The summed E-state index contributed by atoms with van der Waals surface area (Å²) in [7, 11) is 3.39. The van der Waals surface area contributed by atoms with Crippen LogP contribution in [0.25, 0.3) is 0 Å². The summed E-state index contributed by atoms with van der Waals surface area (Å²) in [6.45, 7) is 0.689. The maximum absolute atomic E-state index is 11.9. The van der Waals surface area contributed by atoms with E-state index in [0.717, 1.165) is 5.56 Å². The summed E-state index contributed by atoms with van der Waals surface area (Å²) < 4.78 is 4.88. The largest absolute Gasteiger partial charge is 0.467 e. The van der Waals surface area contributed by atoms with Crippen LogP contribution in [0.15, 0.2) is 42.7 Å². The molecule has 1 aromatic rings. The van der Waals surface area contributed by atoms with E-state index in [1.807, 2.05) is 59.6 Å². The third-order valence-electron chi connectivity index (χ3n) is 2.77. The minimum atomic E-state index is -0.373. The fraction of sp³-hybridized carbons (Fsp3) is 0.308. The second kappa shape index (κ2) is 4.91. The Morgan fingerprint density at radius 2 is 2.00 bits per heavy atom. The summed E-state index contributed by atoms with van der Waals surface area (Å²) in [5.74, 6) is -0.240. The molecule has 90 valence electrons. The van der Waals surface area contributed by atoms with Crippen molar-refractivity contribution in [3.05, 3.63) is 48.3 Å². The van der Waals surface area contributed by atoms with Crippen molar-refractivity contribution in [3.63, 3.8) is 0 Å². The van der Waals surface area contributed by atoms with E-state index < -0.39 is 0 Å². The molecule has 0 radical (unpaired) electrons. The van der Waals surface area contributed by atoms with Crippen molar-refractivity contribution in [2.24, 2.45) is 0 Å². The Kier molecular flexibility index (Phi) is 3.32. The molecular formula is C13H16N2O2. The van der Waals surface area contributed by atoms with Crippen molar-refractivity contribution in [1.29, 1.82) is 0 Å². The lowest BCUT2D eigenvalue weighted by molar-refractivity contribution is -0.146. The molecule has 0 amide bonds. The normalized spacial score (nSPS) is 16.1. The third kappa shape index (κ3) is 2.41. The molecule has 4 heteroatoms. The Morgan fingerprint density at radius 1 is 1.29 bits per heavy atom. The number of hydrogen-bond acceptors (Lipinski definition) is 4. The van der Waals surface area contributed by atoms with Gasteiger partial charge in [-0.3, -0.25) is 0 Å². The molecule has 17 heavy (non-hydrogen) atoms. The van der Waals surface area contributed by atoms with Gasteiger partial charge in [-0.25, -0.2) is 4.79 Å². The van der Waals surface area contributed by atoms with Gasteiger partial charge in [0.25, 0.3) is 0 Å². The molecule has 1 atom stereocenters. The first-order valence-corrected chi connectivity index (χ1v) is 5.49. The van der Waals surface area contributed by atoms with E-state index in [2.05, 4.69) is 0 Å². The van der Waals surface area contributed by atoms with Crippen LogP contribution < -0.4 is 0 Å². The van der Waals surface area contributed by atoms with Crippen LogP contribution in [0.2, 0.25) is 0 Å². The van der Waals surface area contributed by atoms with E-state index in [0.29, 0.717) is 6.67 Å². The van der Waals surface area contributed by atoms with E-state index in [-0.39, 0.29) is 12.0 Å². The molecule has 0 saturated heterocycles. The highest BCUT2D eigenvalue weighted by Crippen LogP contribution is 2.24. The summed E-state index contributed by atoms with van der Waals surface area (Å²) in [6, 6.07) is 9.29. The van der Waals surface area contributed by atoms with Gasteiger partial charge in [0.1, 0.15) is 0 Å². The van der Waals surface area contributed by atoms with Crippen molar-refractivity contribution in [2.75, 3.05) is 20.8 Å². The molecular weight excluding hydrogens is 216 g/mol. The highest BCUT2D eigenvalue weighted by molar-refractivity contribution is 5.77. The van der Waals surface area contributed by atoms with Gasteiger partial charge < -0.3 is 14.5 Å². The summed E-state index contributed by atoms with van der Waals surface area (Å²) in [6.07, 6.45) is 3.85. The lowest BCUT2D eigenvalue weighted by Crippen LogP contribution is -2.32. The Hall–Kier alpha value is -1.97. The smallest absolute Gasteiger partial charge is 0.333 e. The Morgan fingerprint density at radius 3 is 2.53 bits per heavy atom.